The molecule has 2 saturated carbocycles. The van der Waals surface area contributed by atoms with Crippen LogP contribution >= 0.6 is 0 Å². The Morgan fingerprint density at radius 1 is 0.862 bits per heavy atom. The zero-order valence-electron chi connectivity index (χ0n) is 34.3. The number of piperidine rings is 1. The second-order valence-corrected chi connectivity index (χ2v) is 18.5. The summed E-state index contributed by atoms with van der Waals surface area (Å²) in [6.45, 7) is 10.3. The van der Waals surface area contributed by atoms with Crippen molar-refractivity contribution in [2.24, 2.45) is 17.3 Å². The van der Waals surface area contributed by atoms with Gasteiger partial charge in [0, 0.05) is 29.5 Å². The minimum atomic E-state index is -0.644. The van der Waals surface area contributed by atoms with Crippen molar-refractivity contribution in [2.45, 2.75) is 103 Å². The van der Waals surface area contributed by atoms with Gasteiger partial charge in [-0.1, -0.05) is 62.4 Å². The van der Waals surface area contributed by atoms with Crippen LogP contribution in [0.15, 0.2) is 79.0 Å². The lowest BCUT2D eigenvalue weighted by Crippen LogP contribution is -2.53. The highest BCUT2D eigenvalue weighted by atomic mass is 16.6. The summed E-state index contributed by atoms with van der Waals surface area (Å²) < 4.78 is 10.6. The monoisotopic (exact) mass is 782 g/mol. The van der Waals surface area contributed by atoms with Gasteiger partial charge in [-0.3, -0.25) is 9.69 Å². The molecule has 3 aromatic carbocycles. The Morgan fingerprint density at radius 2 is 1.55 bits per heavy atom. The molecule has 0 radical (unpaired) electrons. The van der Waals surface area contributed by atoms with E-state index in [2.05, 4.69) is 88.1 Å². The number of benzene rings is 3. The van der Waals surface area contributed by atoms with E-state index in [1.165, 1.54) is 7.11 Å². The highest BCUT2D eigenvalue weighted by Crippen LogP contribution is 2.58. The number of aromatic amines is 2. The highest BCUT2D eigenvalue weighted by molar-refractivity contribution is 5.91. The normalized spacial score (nSPS) is 22.5. The van der Waals surface area contributed by atoms with Gasteiger partial charge in [-0.05, 0) is 128 Å². The number of rotatable bonds is 8. The van der Waals surface area contributed by atoms with E-state index in [9.17, 15) is 14.4 Å². The third kappa shape index (κ3) is 7.13. The van der Waals surface area contributed by atoms with E-state index in [0.29, 0.717) is 5.92 Å². The van der Waals surface area contributed by atoms with Crippen molar-refractivity contribution in [2.75, 3.05) is 13.7 Å². The van der Waals surface area contributed by atoms with Gasteiger partial charge in [-0.15, -0.1) is 0 Å². The van der Waals surface area contributed by atoms with Crippen molar-refractivity contribution >= 4 is 28.9 Å². The van der Waals surface area contributed by atoms with E-state index in [1.54, 1.807) is 0 Å². The van der Waals surface area contributed by atoms with Crippen LogP contribution in [0.4, 0.5) is 9.59 Å². The number of fused-ring (bicyclic) bond motifs is 3. The maximum Gasteiger partial charge on any atom is 0.410 e. The molecule has 5 unspecified atom stereocenters. The SMILES string of the molecule is COC(=O)NC(C(=O)N1C2CCC(C2)C1c1ccc(-c2ccc(-c3ccc4cc(-c5cnc(C6CC7(CC7)CN6C(=O)OC(C)(C)C)[nH]5)ccc4c3)cc2)[nH]1)C(C)C. The summed E-state index contributed by atoms with van der Waals surface area (Å²) in [5.41, 5.74) is 7.01. The number of likely N-dealkylation sites (tertiary alicyclic amines) is 2. The molecular weight excluding hydrogens is 729 g/mol. The van der Waals surface area contributed by atoms with Gasteiger partial charge in [-0.25, -0.2) is 14.6 Å². The van der Waals surface area contributed by atoms with Crippen molar-refractivity contribution in [1.82, 2.24) is 30.1 Å². The third-order valence-electron chi connectivity index (χ3n) is 12.9. The topological polar surface area (TPSA) is 133 Å². The first-order valence-corrected chi connectivity index (χ1v) is 20.8. The number of H-pyrrole nitrogens is 2. The fraction of sp³-hybridized carbons (Fsp3) is 0.447. The van der Waals surface area contributed by atoms with E-state index >= 15 is 0 Å². The lowest BCUT2D eigenvalue weighted by molar-refractivity contribution is -0.139. The molecule has 9 rings (SSSR count). The van der Waals surface area contributed by atoms with Crippen molar-refractivity contribution in [3.05, 3.63) is 90.5 Å². The van der Waals surface area contributed by atoms with Crippen molar-refractivity contribution in [3.8, 4) is 33.6 Å². The quantitative estimate of drug-likeness (QED) is 0.144. The van der Waals surface area contributed by atoms with E-state index in [4.69, 9.17) is 14.5 Å². The van der Waals surface area contributed by atoms with Crippen LogP contribution in [0.5, 0.6) is 0 Å². The van der Waals surface area contributed by atoms with Crippen LogP contribution in [0, 0.1) is 17.3 Å². The zero-order valence-corrected chi connectivity index (χ0v) is 34.3. The predicted molar refractivity (Wildman–Crippen MR) is 224 cm³/mol. The number of carbonyl (C=O) groups excluding carboxylic acids is 3. The lowest BCUT2D eigenvalue weighted by Gasteiger charge is -2.38. The van der Waals surface area contributed by atoms with Crippen LogP contribution < -0.4 is 5.32 Å². The minimum Gasteiger partial charge on any atom is -0.453 e. The second-order valence-electron chi connectivity index (χ2n) is 18.5. The smallest absolute Gasteiger partial charge is 0.410 e. The fourth-order valence-electron chi connectivity index (χ4n) is 9.76. The number of amides is 3. The number of alkyl carbamates (subject to hydrolysis) is 1. The number of aromatic nitrogens is 3. The maximum absolute atomic E-state index is 14.0. The molecule has 58 heavy (non-hydrogen) atoms. The van der Waals surface area contributed by atoms with Gasteiger partial charge in [0.1, 0.15) is 17.5 Å². The van der Waals surface area contributed by atoms with Gasteiger partial charge < -0.3 is 29.7 Å². The van der Waals surface area contributed by atoms with E-state index in [1.807, 2.05) is 50.6 Å². The summed E-state index contributed by atoms with van der Waals surface area (Å²) in [5.74, 6) is 1.08. The molecule has 5 atom stereocenters. The molecule has 2 saturated heterocycles. The number of carbonyl (C=O) groups is 3. The molecule has 11 nitrogen and oxygen atoms in total. The van der Waals surface area contributed by atoms with E-state index in [0.717, 1.165) is 101 Å². The van der Waals surface area contributed by atoms with Gasteiger partial charge >= 0.3 is 12.2 Å². The molecule has 2 aliphatic heterocycles. The summed E-state index contributed by atoms with van der Waals surface area (Å²) in [7, 11) is 1.32. The Kier molecular flexibility index (Phi) is 9.40. The average molecular weight is 783 g/mol. The molecule has 5 aromatic rings. The maximum atomic E-state index is 14.0. The van der Waals surface area contributed by atoms with Crippen LogP contribution in [0.2, 0.25) is 0 Å². The van der Waals surface area contributed by atoms with Gasteiger partial charge in [0.05, 0.1) is 31.1 Å². The summed E-state index contributed by atoms with van der Waals surface area (Å²) in [6.07, 6.45) is 7.29. The molecule has 4 aliphatic rings. The van der Waals surface area contributed by atoms with Crippen LogP contribution in [0.25, 0.3) is 44.4 Å². The summed E-state index contributed by atoms with van der Waals surface area (Å²) in [4.78, 5) is 55.2. The van der Waals surface area contributed by atoms with Gasteiger partial charge in [-0.2, -0.15) is 0 Å². The molecule has 4 fully saturated rings. The lowest BCUT2D eigenvalue weighted by atomic mass is 9.94. The second kappa shape index (κ2) is 14.4. The van der Waals surface area contributed by atoms with E-state index < -0.39 is 17.7 Å². The first-order valence-electron chi connectivity index (χ1n) is 20.8. The van der Waals surface area contributed by atoms with Gasteiger partial charge in [0.2, 0.25) is 5.91 Å². The first kappa shape index (κ1) is 38.0. The van der Waals surface area contributed by atoms with Crippen LogP contribution in [-0.2, 0) is 14.3 Å². The summed E-state index contributed by atoms with van der Waals surface area (Å²) in [6, 6.07) is 25.2. The fourth-order valence-corrected chi connectivity index (χ4v) is 9.76. The van der Waals surface area contributed by atoms with Crippen molar-refractivity contribution < 1.29 is 23.9 Å². The molecule has 3 amide bonds. The molecule has 2 aromatic heterocycles. The van der Waals surface area contributed by atoms with Crippen LogP contribution in [-0.4, -0.2) is 74.2 Å². The number of nitrogens with zero attached hydrogens (tertiary/aromatic N) is 3. The number of hydrogen-bond acceptors (Lipinski definition) is 6. The standard InChI is InChI=1S/C47H54N6O5/c1-27(2)40(51-44(55)57-6)43(54)53-35-16-15-34(23-35)41(53)37-18-17-36(49-37)29-9-7-28(8-10-29)30-11-12-32-22-33(14-13-31(32)21-30)38-25-48-42(50-38)39-24-47(19-20-47)26-52(39)45(56)58-46(3,4)5/h7-14,17-18,21-22,25,27,34-35,39-41,49H,15-16,19-20,23-24,26H2,1-6H3,(H,48,50)(H,51,55). The Labute approximate surface area is 339 Å². The number of ether oxygens (including phenoxy) is 2. The van der Waals surface area contributed by atoms with Crippen molar-refractivity contribution in [1.29, 1.82) is 0 Å². The summed E-state index contributed by atoms with van der Waals surface area (Å²) in [5, 5.41) is 5.07. The zero-order chi connectivity index (χ0) is 40.5. The molecule has 11 heteroatoms. The molecule has 2 aliphatic carbocycles. The van der Waals surface area contributed by atoms with Gasteiger partial charge in [0.15, 0.2) is 0 Å². The van der Waals surface area contributed by atoms with Crippen LogP contribution in [0.1, 0.15) is 96.7 Å². The largest absolute Gasteiger partial charge is 0.453 e. The molecule has 302 valence electrons. The molecule has 3 N–H and O–H groups in total. The Morgan fingerprint density at radius 3 is 2.24 bits per heavy atom. The summed E-state index contributed by atoms with van der Waals surface area (Å²) >= 11 is 0. The predicted octanol–water partition coefficient (Wildman–Crippen LogP) is 9.79. The van der Waals surface area contributed by atoms with E-state index in [-0.39, 0.29) is 41.5 Å². The Hall–Kier alpha value is -5.58. The number of hydrogen-bond donors (Lipinski definition) is 3. The highest BCUT2D eigenvalue weighted by Gasteiger charge is 2.55. The number of nitrogens with one attached hydrogen (secondary N) is 3. The number of imidazole rings is 1. The molecule has 4 heterocycles. The Bertz CT molecular complexity index is 2370. The van der Waals surface area contributed by atoms with Crippen molar-refractivity contribution in [3.63, 3.8) is 0 Å². The molecule has 1 spiro atoms. The third-order valence-corrected chi connectivity index (χ3v) is 12.9. The molecule has 2 bridgehead atoms. The van der Waals surface area contributed by atoms with Gasteiger partial charge in [0.25, 0.3) is 0 Å². The Balaban J connectivity index is 0.896. The first-order chi connectivity index (χ1) is 27.8. The average Bonchev–Trinajstić information content (AvgIpc) is 3.83. The minimum absolute atomic E-state index is 0.0427. The molecular formula is C47H54N6O5. The number of methoxy groups -OCH3 is 1. The van der Waals surface area contributed by atoms with Crippen LogP contribution in [0.3, 0.4) is 0 Å².